The number of carbonyl (C=O) groups is 2. The summed E-state index contributed by atoms with van der Waals surface area (Å²) < 4.78 is 12.1. The van der Waals surface area contributed by atoms with Gasteiger partial charge in [0.05, 0.1) is 33.8 Å². The number of methoxy groups -OCH3 is 2. The number of hydrogen-bond acceptors (Lipinski definition) is 7. The summed E-state index contributed by atoms with van der Waals surface area (Å²) in [5.41, 5.74) is 1.03. The minimum Gasteiger partial charge on any atom is -0.496 e. The third-order valence-electron chi connectivity index (χ3n) is 3.65. The Kier molecular flexibility index (Phi) is 6.71. The summed E-state index contributed by atoms with van der Waals surface area (Å²) in [7, 11) is 6.00. The van der Waals surface area contributed by atoms with Gasteiger partial charge in [-0.25, -0.2) is 0 Å². The van der Waals surface area contributed by atoms with Gasteiger partial charge >= 0.3 is 0 Å². The number of benzene rings is 2. The molecule has 2 aromatic rings. The molecule has 0 unspecified atom stereocenters. The molecule has 2 aromatic carbocycles. The number of hydrogen-bond donors (Lipinski definition) is 0. The molecule has 1 saturated heterocycles. The molecular formula is C20H16O4S3. The van der Waals surface area contributed by atoms with E-state index in [1.54, 1.807) is 62.8 Å². The Morgan fingerprint density at radius 1 is 0.741 bits per heavy atom. The Hall–Kier alpha value is -2.09. The van der Waals surface area contributed by atoms with Crippen molar-refractivity contribution in [3.05, 3.63) is 80.3 Å². The molecule has 1 aliphatic heterocycles. The molecule has 0 spiro atoms. The summed E-state index contributed by atoms with van der Waals surface area (Å²) in [6.45, 7) is 0. The highest BCUT2D eigenvalue weighted by Crippen LogP contribution is 2.57. The summed E-state index contributed by atoms with van der Waals surface area (Å²) in [4.78, 5) is 25.0. The molecule has 0 atom stereocenters. The Balaban J connectivity index is 1.74. The van der Waals surface area contributed by atoms with Crippen LogP contribution in [-0.4, -0.2) is 25.8 Å². The van der Waals surface area contributed by atoms with Crippen LogP contribution in [0.15, 0.2) is 69.2 Å². The first-order valence-electron chi connectivity index (χ1n) is 7.93. The van der Waals surface area contributed by atoms with Crippen molar-refractivity contribution in [2.75, 3.05) is 14.2 Å². The van der Waals surface area contributed by atoms with Crippen molar-refractivity contribution in [2.24, 2.45) is 0 Å². The summed E-state index contributed by atoms with van der Waals surface area (Å²) in [6, 6.07) is 14.2. The number of rotatable bonds is 6. The molecule has 0 bridgehead atoms. The summed E-state index contributed by atoms with van der Waals surface area (Å²) in [5, 5.41) is 0. The number of allylic oxidation sites excluding steroid dienone is 2. The van der Waals surface area contributed by atoms with E-state index in [0.29, 0.717) is 22.6 Å². The number of para-hydroxylation sites is 2. The first-order valence-corrected chi connectivity index (χ1v) is 10.9. The van der Waals surface area contributed by atoms with Gasteiger partial charge in [-0.05, 0) is 45.9 Å². The van der Waals surface area contributed by atoms with Crippen molar-refractivity contribution in [1.29, 1.82) is 0 Å². The molecule has 138 valence electrons. The average molecular weight is 417 g/mol. The SMILES string of the molecule is COc1ccccc1C(=O)/C=C1/SS/C(=C/C(=O)c2ccccc2OC)S1. The second-order valence-corrected chi connectivity index (χ2v) is 9.14. The predicted molar refractivity (Wildman–Crippen MR) is 114 cm³/mol. The molecule has 0 aromatic heterocycles. The van der Waals surface area contributed by atoms with E-state index in [4.69, 9.17) is 9.47 Å². The monoisotopic (exact) mass is 416 g/mol. The van der Waals surface area contributed by atoms with Crippen LogP contribution in [0.2, 0.25) is 0 Å². The lowest BCUT2D eigenvalue weighted by Gasteiger charge is -2.05. The van der Waals surface area contributed by atoms with Crippen molar-refractivity contribution >= 4 is 44.9 Å². The molecule has 27 heavy (non-hydrogen) atoms. The van der Waals surface area contributed by atoms with E-state index in [1.807, 2.05) is 12.1 Å². The van der Waals surface area contributed by atoms with E-state index in [-0.39, 0.29) is 11.6 Å². The standard InChI is InChI=1S/C20H16O4S3/c1-23-17-9-5-3-7-13(17)15(21)11-19-25-20(27-26-19)12-16(22)14-8-4-6-10-18(14)24-2/h3-12H,1-2H3/b19-11+,20-12+. The number of thioether (sulfide) groups is 1. The molecule has 0 aliphatic carbocycles. The molecule has 0 N–H and O–H groups in total. The van der Waals surface area contributed by atoms with Crippen molar-refractivity contribution in [3.63, 3.8) is 0 Å². The van der Waals surface area contributed by atoms with Crippen LogP contribution in [0.5, 0.6) is 11.5 Å². The average Bonchev–Trinajstić information content (AvgIpc) is 3.14. The maximum Gasteiger partial charge on any atom is 0.191 e. The van der Waals surface area contributed by atoms with Gasteiger partial charge in [-0.1, -0.05) is 36.0 Å². The lowest BCUT2D eigenvalue weighted by atomic mass is 10.1. The molecule has 0 amide bonds. The predicted octanol–water partition coefficient (Wildman–Crippen LogP) is 5.58. The Bertz CT molecular complexity index is 859. The smallest absolute Gasteiger partial charge is 0.191 e. The highest BCUT2D eigenvalue weighted by atomic mass is 33.1. The maximum atomic E-state index is 12.5. The minimum absolute atomic E-state index is 0.125. The van der Waals surface area contributed by atoms with Gasteiger partial charge in [0.25, 0.3) is 0 Å². The van der Waals surface area contributed by atoms with Crippen molar-refractivity contribution in [3.8, 4) is 11.5 Å². The highest BCUT2D eigenvalue weighted by molar-refractivity contribution is 8.86. The van der Waals surface area contributed by atoms with E-state index in [9.17, 15) is 9.59 Å². The van der Waals surface area contributed by atoms with Gasteiger partial charge in [0.2, 0.25) is 0 Å². The first kappa shape index (κ1) is 19.7. The summed E-state index contributed by atoms with van der Waals surface area (Å²) >= 11 is 1.41. The van der Waals surface area contributed by atoms with E-state index >= 15 is 0 Å². The van der Waals surface area contributed by atoms with Crippen LogP contribution < -0.4 is 9.47 Å². The zero-order valence-electron chi connectivity index (χ0n) is 14.6. The van der Waals surface area contributed by atoms with Crippen LogP contribution in [0.1, 0.15) is 20.7 Å². The molecule has 0 saturated carbocycles. The third-order valence-corrected chi connectivity index (χ3v) is 7.90. The molecule has 1 aliphatic rings. The van der Waals surface area contributed by atoms with Gasteiger partial charge in [0.15, 0.2) is 11.6 Å². The topological polar surface area (TPSA) is 52.6 Å². The second kappa shape index (κ2) is 9.21. The van der Waals surface area contributed by atoms with Crippen molar-refractivity contribution in [2.45, 2.75) is 0 Å². The van der Waals surface area contributed by atoms with Crippen molar-refractivity contribution < 1.29 is 19.1 Å². The normalized spacial score (nSPS) is 16.5. The van der Waals surface area contributed by atoms with Crippen molar-refractivity contribution in [1.82, 2.24) is 0 Å². The second-order valence-electron chi connectivity index (χ2n) is 5.32. The van der Waals surface area contributed by atoms with Crippen LogP contribution in [0.3, 0.4) is 0 Å². The lowest BCUT2D eigenvalue weighted by Crippen LogP contribution is -1.99. The first-order chi connectivity index (χ1) is 13.1. The molecule has 1 fully saturated rings. The molecular weight excluding hydrogens is 400 g/mol. The fourth-order valence-corrected chi connectivity index (χ4v) is 6.37. The third kappa shape index (κ3) is 4.80. The number of ether oxygens (including phenoxy) is 2. The van der Waals surface area contributed by atoms with Gasteiger partial charge in [-0.15, -0.1) is 0 Å². The van der Waals surface area contributed by atoms with E-state index in [0.717, 1.165) is 8.47 Å². The number of ketones is 2. The van der Waals surface area contributed by atoms with Crippen LogP contribution in [-0.2, 0) is 0 Å². The van der Waals surface area contributed by atoms with Gasteiger partial charge in [0, 0.05) is 12.2 Å². The van der Waals surface area contributed by atoms with Gasteiger partial charge in [-0.3, -0.25) is 9.59 Å². The number of carbonyl (C=O) groups excluding carboxylic acids is 2. The molecule has 7 heteroatoms. The highest BCUT2D eigenvalue weighted by Gasteiger charge is 2.20. The zero-order valence-corrected chi connectivity index (χ0v) is 17.1. The van der Waals surface area contributed by atoms with Gasteiger partial charge in [-0.2, -0.15) is 0 Å². The Labute approximate surface area is 169 Å². The van der Waals surface area contributed by atoms with Crippen LogP contribution in [0.25, 0.3) is 0 Å². The summed E-state index contributed by atoms with van der Waals surface area (Å²) in [5.74, 6) is 0.838. The lowest BCUT2D eigenvalue weighted by molar-refractivity contribution is 0.103. The molecule has 3 rings (SSSR count). The minimum atomic E-state index is -0.125. The van der Waals surface area contributed by atoms with E-state index in [1.165, 1.54) is 33.3 Å². The largest absolute Gasteiger partial charge is 0.496 e. The zero-order chi connectivity index (χ0) is 19.2. The van der Waals surface area contributed by atoms with Crippen LogP contribution in [0.4, 0.5) is 0 Å². The van der Waals surface area contributed by atoms with Crippen LogP contribution >= 0.6 is 33.3 Å². The van der Waals surface area contributed by atoms with Gasteiger partial charge < -0.3 is 9.47 Å². The van der Waals surface area contributed by atoms with Gasteiger partial charge in [0.1, 0.15) is 11.5 Å². The molecule has 1 heterocycles. The Morgan fingerprint density at radius 3 is 1.56 bits per heavy atom. The Morgan fingerprint density at radius 2 is 1.15 bits per heavy atom. The van der Waals surface area contributed by atoms with E-state index < -0.39 is 0 Å². The fourth-order valence-electron chi connectivity index (χ4n) is 2.39. The quantitative estimate of drug-likeness (QED) is 0.346. The fraction of sp³-hybridized carbons (Fsp3) is 0.100. The van der Waals surface area contributed by atoms with Crippen LogP contribution in [0, 0.1) is 0 Å². The summed E-state index contributed by atoms with van der Waals surface area (Å²) in [6.07, 6.45) is 3.16. The molecule has 4 nitrogen and oxygen atoms in total. The molecule has 0 radical (unpaired) electrons. The van der Waals surface area contributed by atoms with E-state index in [2.05, 4.69) is 0 Å². The maximum absolute atomic E-state index is 12.5.